The summed E-state index contributed by atoms with van der Waals surface area (Å²) in [5, 5.41) is 4.89. The number of rotatable bonds is 8. The van der Waals surface area contributed by atoms with Crippen LogP contribution < -0.4 is 0 Å². The van der Waals surface area contributed by atoms with E-state index in [1.807, 2.05) is 35.0 Å². The molecule has 0 N–H and O–H groups in total. The van der Waals surface area contributed by atoms with Crippen LogP contribution in [0.15, 0.2) is 84.0 Å². The minimum absolute atomic E-state index is 0.614. The maximum atomic E-state index is 5.85. The highest BCUT2D eigenvalue weighted by Crippen LogP contribution is 2.20. The quantitative estimate of drug-likeness (QED) is 0.269. The predicted octanol–water partition coefficient (Wildman–Crippen LogP) is 5.34. The van der Waals surface area contributed by atoms with Crippen LogP contribution in [-0.2, 0) is 19.8 Å². The summed E-state index contributed by atoms with van der Waals surface area (Å²) in [5.74, 6) is 0.856. The van der Waals surface area contributed by atoms with Crippen LogP contribution in [0.1, 0.15) is 11.1 Å². The number of pyridine rings is 1. The van der Waals surface area contributed by atoms with Crippen molar-refractivity contribution in [2.45, 2.75) is 24.7 Å². The number of hydrogen-bond donors (Lipinski definition) is 0. The maximum Gasteiger partial charge on any atom is 0.199 e. The van der Waals surface area contributed by atoms with Crippen LogP contribution in [-0.4, -0.2) is 37.5 Å². The van der Waals surface area contributed by atoms with E-state index in [1.165, 1.54) is 16.0 Å². The van der Waals surface area contributed by atoms with Crippen molar-refractivity contribution in [2.75, 3.05) is 13.3 Å². The minimum atomic E-state index is 0.614. The van der Waals surface area contributed by atoms with E-state index in [1.54, 1.807) is 24.2 Å². The van der Waals surface area contributed by atoms with Gasteiger partial charge in [0.1, 0.15) is 0 Å². The standard InChI is InChI=1S/C24H25N5S2/c1-27(16-20-8-10-22(31-2)11-9-20)18-29-24(30)28(17-19-6-4-3-5-7-19)23(26-29)21-12-14-25-15-13-21/h3-15H,16-18H2,1-2H3. The highest BCUT2D eigenvalue weighted by molar-refractivity contribution is 7.98. The Kier molecular flexibility index (Phi) is 6.96. The van der Waals surface area contributed by atoms with Gasteiger partial charge in [-0.25, -0.2) is 4.68 Å². The third kappa shape index (κ3) is 5.31. The summed E-state index contributed by atoms with van der Waals surface area (Å²) in [6.07, 6.45) is 5.66. The topological polar surface area (TPSA) is 38.9 Å². The Morgan fingerprint density at radius 1 is 0.935 bits per heavy atom. The first-order chi connectivity index (χ1) is 15.1. The third-order valence-corrected chi connectivity index (χ3v) is 6.21. The van der Waals surface area contributed by atoms with E-state index < -0.39 is 0 Å². The number of aromatic nitrogens is 4. The van der Waals surface area contributed by atoms with Gasteiger partial charge in [-0.15, -0.1) is 11.8 Å². The fraction of sp³-hybridized carbons (Fsp3) is 0.208. The van der Waals surface area contributed by atoms with Gasteiger partial charge in [-0.3, -0.25) is 14.5 Å². The Labute approximate surface area is 192 Å². The molecule has 4 aromatic rings. The van der Waals surface area contributed by atoms with Crippen LogP contribution >= 0.6 is 24.0 Å². The van der Waals surface area contributed by atoms with Gasteiger partial charge in [0.05, 0.1) is 13.2 Å². The van der Waals surface area contributed by atoms with Gasteiger partial charge in [-0.1, -0.05) is 42.5 Å². The van der Waals surface area contributed by atoms with Gasteiger partial charge in [0.25, 0.3) is 0 Å². The lowest BCUT2D eigenvalue weighted by Crippen LogP contribution is -2.22. The van der Waals surface area contributed by atoms with Crippen LogP contribution in [0.25, 0.3) is 11.4 Å². The zero-order chi connectivity index (χ0) is 21.6. The van der Waals surface area contributed by atoms with Crippen molar-refractivity contribution in [1.82, 2.24) is 24.2 Å². The maximum absolute atomic E-state index is 5.85. The number of thioether (sulfide) groups is 1. The van der Waals surface area contributed by atoms with Gasteiger partial charge >= 0.3 is 0 Å². The molecule has 0 bridgehead atoms. The number of nitrogens with zero attached hydrogens (tertiary/aromatic N) is 5. The smallest absolute Gasteiger partial charge is 0.199 e. The molecule has 7 heteroatoms. The van der Waals surface area contributed by atoms with Crippen molar-refractivity contribution >= 4 is 24.0 Å². The SMILES string of the molecule is CSc1ccc(CN(C)Cn2nc(-c3ccncc3)n(Cc3ccccc3)c2=S)cc1. The van der Waals surface area contributed by atoms with Crippen molar-refractivity contribution in [2.24, 2.45) is 0 Å². The van der Waals surface area contributed by atoms with Gasteiger partial charge in [-0.05, 0) is 60.9 Å². The zero-order valence-corrected chi connectivity index (χ0v) is 19.3. The molecule has 31 heavy (non-hydrogen) atoms. The molecule has 0 saturated heterocycles. The highest BCUT2D eigenvalue weighted by Gasteiger charge is 2.14. The molecule has 4 rings (SSSR count). The molecule has 0 aliphatic rings. The molecule has 2 aromatic heterocycles. The van der Waals surface area contributed by atoms with E-state index in [2.05, 4.69) is 64.2 Å². The molecule has 0 saturated carbocycles. The predicted molar refractivity (Wildman–Crippen MR) is 130 cm³/mol. The van der Waals surface area contributed by atoms with Crippen molar-refractivity contribution in [1.29, 1.82) is 0 Å². The summed E-state index contributed by atoms with van der Waals surface area (Å²) in [5.41, 5.74) is 3.46. The Bertz CT molecular complexity index is 1170. The molecule has 5 nitrogen and oxygen atoms in total. The number of hydrogen-bond acceptors (Lipinski definition) is 5. The fourth-order valence-corrected chi connectivity index (χ4v) is 4.14. The summed E-state index contributed by atoms with van der Waals surface area (Å²) in [6, 6.07) is 23.0. The number of benzene rings is 2. The fourth-order valence-electron chi connectivity index (χ4n) is 3.48. The van der Waals surface area contributed by atoms with Crippen LogP contribution in [0, 0.1) is 4.77 Å². The van der Waals surface area contributed by atoms with Gasteiger partial charge < -0.3 is 0 Å². The summed E-state index contributed by atoms with van der Waals surface area (Å²) in [7, 11) is 2.09. The second kappa shape index (κ2) is 10.0. The summed E-state index contributed by atoms with van der Waals surface area (Å²) in [6.45, 7) is 2.12. The molecule has 0 unspecified atom stereocenters. The highest BCUT2D eigenvalue weighted by atomic mass is 32.2. The van der Waals surface area contributed by atoms with E-state index in [0.717, 1.165) is 17.9 Å². The van der Waals surface area contributed by atoms with Gasteiger partial charge in [0.15, 0.2) is 10.6 Å². The van der Waals surface area contributed by atoms with Crippen LogP contribution in [0.2, 0.25) is 0 Å². The Hall–Kier alpha value is -2.74. The molecule has 0 amide bonds. The van der Waals surface area contributed by atoms with E-state index in [4.69, 9.17) is 17.3 Å². The van der Waals surface area contributed by atoms with Crippen molar-refractivity contribution < 1.29 is 0 Å². The van der Waals surface area contributed by atoms with Crippen molar-refractivity contribution in [3.63, 3.8) is 0 Å². The Morgan fingerprint density at radius 3 is 2.32 bits per heavy atom. The minimum Gasteiger partial charge on any atom is -0.295 e. The molecule has 2 heterocycles. The van der Waals surface area contributed by atoms with Gasteiger partial charge in [0, 0.05) is 29.4 Å². The van der Waals surface area contributed by atoms with Gasteiger partial charge in [0.2, 0.25) is 0 Å². The van der Waals surface area contributed by atoms with Crippen LogP contribution in [0.3, 0.4) is 0 Å². The molecule has 2 aromatic carbocycles. The average molecular weight is 448 g/mol. The first-order valence-corrected chi connectivity index (χ1v) is 11.7. The Morgan fingerprint density at radius 2 is 1.65 bits per heavy atom. The molecule has 0 fully saturated rings. The van der Waals surface area contributed by atoms with Crippen LogP contribution in [0.4, 0.5) is 0 Å². The third-order valence-electron chi connectivity index (χ3n) is 5.03. The molecule has 0 spiro atoms. The van der Waals surface area contributed by atoms with E-state index in [-0.39, 0.29) is 0 Å². The summed E-state index contributed by atoms with van der Waals surface area (Å²) < 4.78 is 4.71. The van der Waals surface area contributed by atoms with Crippen LogP contribution in [0.5, 0.6) is 0 Å². The normalized spacial score (nSPS) is 11.2. The largest absolute Gasteiger partial charge is 0.295 e. The van der Waals surface area contributed by atoms with E-state index in [0.29, 0.717) is 18.0 Å². The first kappa shape index (κ1) is 21.5. The first-order valence-electron chi connectivity index (χ1n) is 10.1. The Balaban J connectivity index is 1.60. The summed E-state index contributed by atoms with van der Waals surface area (Å²) >= 11 is 7.60. The van der Waals surface area contributed by atoms with Crippen molar-refractivity contribution in [3.8, 4) is 11.4 Å². The lowest BCUT2D eigenvalue weighted by atomic mass is 10.2. The lowest BCUT2D eigenvalue weighted by molar-refractivity contribution is 0.244. The van der Waals surface area contributed by atoms with Crippen molar-refractivity contribution in [3.05, 3.63) is 95.0 Å². The van der Waals surface area contributed by atoms with E-state index in [9.17, 15) is 0 Å². The molecule has 0 aliphatic heterocycles. The molecule has 0 radical (unpaired) electrons. The monoisotopic (exact) mass is 447 g/mol. The average Bonchev–Trinajstić information content (AvgIpc) is 3.10. The summed E-state index contributed by atoms with van der Waals surface area (Å²) in [4.78, 5) is 7.64. The molecular weight excluding hydrogens is 422 g/mol. The zero-order valence-electron chi connectivity index (χ0n) is 17.7. The van der Waals surface area contributed by atoms with Gasteiger partial charge in [-0.2, -0.15) is 5.10 Å². The molecule has 0 aliphatic carbocycles. The second-order valence-electron chi connectivity index (χ2n) is 7.42. The lowest BCUT2D eigenvalue weighted by Gasteiger charge is -2.16. The molecule has 158 valence electrons. The molecule has 0 atom stereocenters. The van der Waals surface area contributed by atoms with E-state index >= 15 is 0 Å². The molecular formula is C24H25N5S2. The second-order valence-corrected chi connectivity index (χ2v) is 8.66.